The first kappa shape index (κ1) is 23.2. The minimum absolute atomic E-state index is 0.107. The number of ether oxygens (including phenoxy) is 1. The van der Waals surface area contributed by atoms with Crippen LogP contribution in [0.25, 0.3) is 5.57 Å². The number of amidine groups is 1. The second-order valence-corrected chi connectivity index (χ2v) is 9.91. The highest BCUT2D eigenvalue weighted by atomic mass is 32.2. The zero-order valence-corrected chi connectivity index (χ0v) is 18.4. The molecular weight excluding hydrogens is 457 g/mol. The van der Waals surface area contributed by atoms with Crippen LogP contribution in [-0.4, -0.2) is 49.5 Å². The number of halogens is 3. The normalized spacial score (nSPS) is 17.4. The van der Waals surface area contributed by atoms with E-state index in [2.05, 4.69) is 15.0 Å². The molecule has 4 rings (SSSR count). The van der Waals surface area contributed by atoms with Gasteiger partial charge in [-0.25, -0.2) is 13.4 Å². The zero-order chi connectivity index (χ0) is 23.6. The molecule has 0 bridgehead atoms. The molecule has 0 saturated heterocycles. The minimum Gasteiger partial charge on any atom is -0.406 e. The topological polar surface area (TPSA) is 95.4 Å². The molecule has 2 N–H and O–H groups in total. The molecule has 7 nitrogen and oxygen atoms in total. The summed E-state index contributed by atoms with van der Waals surface area (Å²) < 4.78 is 67.7. The van der Waals surface area contributed by atoms with Crippen molar-refractivity contribution in [1.82, 2.24) is 14.6 Å². The van der Waals surface area contributed by atoms with Gasteiger partial charge in [0.25, 0.3) is 0 Å². The van der Waals surface area contributed by atoms with E-state index in [9.17, 15) is 21.6 Å². The lowest BCUT2D eigenvalue weighted by molar-refractivity contribution is -0.274. The van der Waals surface area contributed by atoms with E-state index < -0.39 is 22.1 Å². The summed E-state index contributed by atoms with van der Waals surface area (Å²) in [5.41, 5.74) is 2.11. The number of nitrogens with zero attached hydrogens (tertiary/aromatic N) is 2. The predicted molar refractivity (Wildman–Crippen MR) is 116 cm³/mol. The third-order valence-corrected chi connectivity index (χ3v) is 7.34. The lowest BCUT2D eigenvalue weighted by Gasteiger charge is -2.26. The van der Waals surface area contributed by atoms with Crippen LogP contribution in [0.3, 0.4) is 0 Å². The smallest absolute Gasteiger partial charge is 0.406 e. The maximum absolute atomic E-state index is 12.9. The van der Waals surface area contributed by atoms with Crippen LogP contribution in [0.5, 0.6) is 5.75 Å². The molecule has 176 valence electrons. The van der Waals surface area contributed by atoms with Gasteiger partial charge in [0.05, 0.1) is 10.6 Å². The quantitative estimate of drug-likeness (QED) is 0.465. The van der Waals surface area contributed by atoms with Gasteiger partial charge in [0, 0.05) is 19.6 Å². The first-order chi connectivity index (χ1) is 15.6. The standard InChI is InChI=1S/C22H23F3N4O3S/c23-22(24,25)32-17-6-8-18(9-7-17)33(30,31)29-12-10-16(11-13-29)19-2-1-3-20(28-19)21(26)27-14-15-4-5-15/h1-3,6-10,15H,4-5,11-14H2,(H2,26,27). The fraction of sp³-hybridized carbons (Fsp3) is 0.364. The van der Waals surface area contributed by atoms with Gasteiger partial charge < -0.3 is 10.1 Å². The van der Waals surface area contributed by atoms with Gasteiger partial charge in [-0.1, -0.05) is 12.1 Å². The summed E-state index contributed by atoms with van der Waals surface area (Å²) in [7, 11) is -3.87. The number of hydrogen-bond acceptors (Lipinski definition) is 5. The Morgan fingerprint density at radius 3 is 2.52 bits per heavy atom. The van der Waals surface area contributed by atoms with E-state index in [1.54, 1.807) is 12.1 Å². The maximum Gasteiger partial charge on any atom is 0.573 e. The number of alkyl halides is 3. The summed E-state index contributed by atoms with van der Waals surface area (Å²) in [6.45, 7) is 1.09. The second-order valence-electron chi connectivity index (χ2n) is 7.97. The lowest BCUT2D eigenvalue weighted by atomic mass is 10.1. The molecule has 2 heterocycles. The number of nitrogens with one attached hydrogen (secondary N) is 2. The van der Waals surface area contributed by atoms with E-state index in [1.165, 1.54) is 17.1 Å². The van der Waals surface area contributed by atoms with Gasteiger partial charge in [0.15, 0.2) is 0 Å². The number of aromatic nitrogens is 1. The van der Waals surface area contributed by atoms with E-state index in [4.69, 9.17) is 5.41 Å². The van der Waals surface area contributed by atoms with Gasteiger partial charge in [0.1, 0.15) is 17.3 Å². The Hall–Kier alpha value is -2.92. The van der Waals surface area contributed by atoms with Crippen molar-refractivity contribution in [3.63, 3.8) is 0 Å². The average Bonchev–Trinajstić information content (AvgIpc) is 3.61. The molecule has 1 saturated carbocycles. The Morgan fingerprint density at radius 2 is 1.91 bits per heavy atom. The van der Waals surface area contributed by atoms with Crippen LogP contribution >= 0.6 is 0 Å². The molecule has 0 spiro atoms. The number of hydrogen-bond donors (Lipinski definition) is 2. The largest absolute Gasteiger partial charge is 0.573 e. The van der Waals surface area contributed by atoms with Crippen molar-refractivity contribution in [3.8, 4) is 5.75 Å². The molecule has 0 amide bonds. The van der Waals surface area contributed by atoms with Crippen molar-refractivity contribution >= 4 is 21.4 Å². The van der Waals surface area contributed by atoms with E-state index in [-0.39, 0.29) is 23.8 Å². The summed E-state index contributed by atoms with van der Waals surface area (Å²) in [5, 5.41) is 11.3. The van der Waals surface area contributed by atoms with Crippen LogP contribution in [0.4, 0.5) is 13.2 Å². The monoisotopic (exact) mass is 480 g/mol. The first-order valence-electron chi connectivity index (χ1n) is 10.5. The highest BCUT2D eigenvalue weighted by molar-refractivity contribution is 7.89. The predicted octanol–water partition coefficient (Wildman–Crippen LogP) is 3.78. The van der Waals surface area contributed by atoms with Crippen molar-refractivity contribution in [2.75, 3.05) is 19.6 Å². The summed E-state index contributed by atoms with van der Waals surface area (Å²) >= 11 is 0. The molecule has 1 fully saturated rings. The molecule has 1 aromatic heterocycles. The molecule has 0 unspecified atom stereocenters. The second kappa shape index (κ2) is 9.14. The molecule has 2 aromatic rings. The SMILES string of the molecule is N=C(NCC1CC1)c1cccc(C2=CCN(S(=O)(=O)c3ccc(OC(F)(F)F)cc3)CC2)n1. The molecule has 1 aliphatic heterocycles. The van der Waals surface area contributed by atoms with Crippen LogP contribution in [-0.2, 0) is 10.0 Å². The van der Waals surface area contributed by atoms with Crippen LogP contribution in [0.15, 0.2) is 53.4 Å². The summed E-state index contributed by atoms with van der Waals surface area (Å²) in [4.78, 5) is 4.44. The molecule has 2 aliphatic rings. The van der Waals surface area contributed by atoms with Gasteiger partial charge in [-0.3, -0.25) is 5.41 Å². The van der Waals surface area contributed by atoms with Crippen LogP contribution < -0.4 is 10.1 Å². The van der Waals surface area contributed by atoms with Crippen molar-refractivity contribution in [1.29, 1.82) is 5.41 Å². The minimum atomic E-state index is -4.84. The lowest BCUT2D eigenvalue weighted by Crippen LogP contribution is -2.34. The first-order valence-corrected chi connectivity index (χ1v) is 11.9. The fourth-order valence-electron chi connectivity index (χ4n) is 3.48. The van der Waals surface area contributed by atoms with Gasteiger partial charge in [0.2, 0.25) is 10.0 Å². The fourth-order valence-corrected chi connectivity index (χ4v) is 4.86. The average molecular weight is 481 g/mol. The molecule has 1 aromatic carbocycles. The Bertz CT molecular complexity index is 1160. The number of pyridine rings is 1. The molecule has 11 heteroatoms. The van der Waals surface area contributed by atoms with Gasteiger partial charge in [-0.15, -0.1) is 13.2 Å². The number of benzene rings is 1. The summed E-state index contributed by atoms with van der Waals surface area (Å²) in [6, 6.07) is 9.56. The van der Waals surface area contributed by atoms with Crippen LogP contribution in [0, 0.1) is 11.3 Å². The Morgan fingerprint density at radius 1 is 1.18 bits per heavy atom. The molecular formula is C22H23F3N4O3S. The summed E-state index contributed by atoms with van der Waals surface area (Å²) in [5.74, 6) is 0.420. The van der Waals surface area contributed by atoms with E-state index in [0.717, 1.165) is 36.4 Å². The Kier molecular flexibility index (Phi) is 6.44. The molecule has 1 aliphatic carbocycles. The van der Waals surface area contributed by atoms with Gasteiger partial charge >= 0.3 is 6.36 Å². The van der Waals surface area contributed by atoms with Gasteiger partial charge in [-0.2, -0.15) is 4.31 Å². The Labute approximate surface area is 189 Å². The van der Waals surface area contributed by atoms with E-state index in [0.29, 0.717) is 23.7 Å². The van der Waals surface area contributed by atoms with Crippen molar-refractivity contribution < 1.29 is 26.3 Å². The van der Waals surface area contributed by atoms with Crippen LogP contribution in [0.1, 0.15) is 30.7 Å². The highest BCUT2D eigenvalue weighted by Crippen LogP contribution is 2.29. The van der Waals surface area contributed by atoms with Crippen LogP contribution in [0.2, 0.25) is 0 Å². The molecule has 0 atom stereocenters. The molecule has 33 heavy (non-hydrogen) atoms. The van der Waals surface area contributed by atoms with Crippen molar-refractivity contribution in [2.24, 2.45) is 5.92 Å². The van der Waals surface area contributed by atoms with Crippen molar-refractivity contribution in [2.45, 2.75) is 30.5 Å². The van der Waals surface area contributed by atoms with E-state index >= 15 is 0 Å². The number of sulfonamides is 1. The maximum atomic E-state index is 12.9. The van der Waals surface area contributed by atoms with Crippen molar-refractivity contribution in [3.05, 3.63) is 59.9 Å². The molecule has 0 radical (unpaired) electrons. The summed E-state index contributed by atoms with van der Waals surface area (Å²) in [6.07, 6.45) is -0.272. The van der Waals surface area contributed by atoms with E-state index in [1.807, 2.05) is 12.1 Å². The van der Waals surface area contributed by atoms with Gasteiger partial charge in [-0.05, 0) is 67.2 Å². The zero-order valence-electron chi connectivity index (χ0n) is 17.6. The Balaban J connectivity index is 1.42. The highest BCUT2D eigenvalue weighted by Gasteiger charge is 2.32. The third kappa shape index (κ3) is 5.91. The number of rotatable bonds is 7. The third-order valence-electron chi connectivity index (χ3n) is 5.47.